The molecule has 4 rings (SSSR count). The van der Waals surface area contributed by atoms with Crippen LogP contribution in [0.1, 0.15) is 49.9 Å². The molecule has 2 N–H and O–H groups in total. The fourth-order valence-corrected chi connectivity index (χ4v) is 3.41. The molecule has 0 spiro atoms. The zero-order chi connectivity index (χ0) is 27.0. The number of rotatable bonds is 8. The van der Waals surface area contributed by atoms with Crippen molar-refractivity contribution in [2.75, 3.05) is 0 Å². The molecule has 0 aliphatic rings. The number of nitrogens with one attached hydrogen (secondary N) is 1. The van der Waals surface area contributed by atoms with Gasteiger partial charge in [0.15, 0.2) is 10.8 Å². The number of hydrogen-bond acceptors (Lipinski definition) is 5. The predicted molar refractivity (Wildman–Crippen MR) is 117 cm³/mol. The molecule has 9 heteroatoms. The van der Waals surface area contributed by atoms with Gasteiger partial charge in [-0.15, -0.1) is 10.2 Å². The normalized spacial score (nSPS) is 13.7. The third-order valence-electron chi connectivity index (χ3n) is 4.62. The summed E-state index contributed by atoms with van der Waals surface area (Å²) >= 11 is 6.10. The molecule has 0 aliphatic heterocycles. The first-order valence-corrected chi connectivity index (χ1v) is 9.87. The Morgan fingerprint density at radius 2 is 1.97 bits per heavy atom. The third kappa shape index (κ3) is 4.34. The van der Waals surface area contributed by atoms with Crippen molar-refractivity contribution in [3.05, 3.63) is 70.6 Å². The van der Waals surface area contributed by atoms with Gasteiger partial charge in [0.2, 0.25) is 5.82 Å². The van der Waals surface area contributed by atoms with Gasteiger partial charge in [0.05, 0.1) is 8.22 Å². The Balaban J connectivity index is 1.92. The lowest BCUT2D eigenvalue weighted by Gasteiger charge is -2.12. The number of H-pyrrole nitrogens is 1. The van der Waals surface area contributed by atoms with Crippen LogP contribution in [0.3, 0.4) is 0 Å². The van der Waals surface area contributed by atoms with Crippen LogP contribution in [0, 0.1) is 0 Å². The van der Waals surface area contributed by atoms with E-state index in [1.54, 1.807) is 0 Å². The predicted octanol–water partition coefficient (Wildman–Crippen LogP) is 4.47. The topological polar surface area (TPSA) is 110 Å². The number of carbonyl (C=O) groups is 1. The monoisotopic (exact) mass is 442 g/mol. The number of unbranched alkanes of at least 4 members (excludes halogenated alkanes) is 1. The molecule has 8 nitrogen and oxygen atoms in total. The maximum atomic E-state index is 11.9. The number of nitrogens with zero attached hydrogens (tertiary/aromatic N) is 5. The van der Waals surface area contributed by atoms with Crippen molar-refractivity contribution >= 4 is 17.6 Å². The fraction of sp³-hybridized carbons (Fsp3) is 0.227. The van der Waals surface area contributed by atoms with E-state index in [9.17, 15) is 9.90 Å². The van der Waals surface area contributed by atoms with E-state index < -0.39 is 18.1 Å². The molecule has 2 aromatic heterocycles. The summed E-state index contributed by atoms with van der Waals surface area (Å²) in [5.41, 5.74) is -0.109. The molecule has 2 aromatic carbocycles. The molecule has 0 amide bonds. The summed E-state index contributed by atoms with van der Waals surface area (Å²) < 4.78 is 52.1. The van der Waals surface area contributed by atoms with E-state index in [4.69, 9.17) is 19.8 Å². The van der Waals surface area contributed by atoms with Crippen LogP contribution in [0.5, 0.6) is 0 Å². The molecule has 0 saturated carbocycles. The van der Waals surface area contributed by atoms with Crippen LogP contribution in [0.2, 0.25) is 5.15 Å². The Morgan fingerprint density at radius 1 is 1.23 bits per heavy atom. The van der Waals surface area contributed by atoms with Crippen LogP contribution in [-0.2, 0) is 13.0 Å². The number of aromatic carboxylic acids is 1. The molecule has 0 bridgehead atoms. The molecule has 31 heavy (non-hydrogen) atoms. The lowest BCUT2D eigenvalue weighted by atomic mass is 9.98. The Labute approximate surface area is 192 Å². The quantitative estimate of drug-likeness (QED) is 0.416. The average molecular weight is 443 g/mol. The first-order chi connectivity index (χ1) is 17.6. The minimum absolute atomic E-state index is 0.0441. The molecular weight excluding hydrogens is 416 g/mol. The molecule has 0 atom stereocenters. The Kier molecular flexibility index (Phi) is 4.25. The van der Waals surface area contributed by atoms with Crippen LogP contribution in [0.4, 0.5) is 0 Å². The Hall–Kier alpha value is -3.52. The highest BCUT2D eigenvalue weighted by Gasteiger charge is 2.21. The van der Waals surface area contributed by atoms with Gasteiger partial charge in [0.25, 0.3) is 0 Å². The maximum absolute atomic E-state index is 11.9. The van der Waals surface area contributed by atoms with E-state index in [1.807, 2.05) is 6.92 Å². The van der Waals surface area contributed by atoms with E-state index in [0.29, 0.717) is 18.7 Å². The van der Waals surface area contributed by atoms with Crippen LogP contribution in [0.15, 0.2) is 48.4 Å². The maximum Gasteiger partial charge on any atom is 0.355 e. The van der Waals surface area contributed by atoms with Gasteiger partial charge < -0.3 is 9.67 Å². The van der Waals surface area contributed by atoms with Crippen LogP contribution in [0.25, 0.3) is 22.5 Å². The van der Waals surface area contributed by atoms with Gasteiger partial charge in [-0.05, 0) is 28.3 Å². The molecule has 0 fully saturated rings. The van der Waals surface area contributed by atoms with Gasteiger partial charge in [0.1, 0.15) is 5.82 Å². The van der Waals surface area contributed by atoms with Crippen LogP contribution < -0.4 is 0 Å². The summed E-state index contributed by atoms with van der Waals surface area (Å²) in [6.07, 6.45) is 1.95. The Bertz CT molecular complexity index is 1480. The smallest absolute Gasteiger partial charge is 0.355 e. The summed E-state index contributed by atoms with van der Waals surface area (Å²) in [7, 11) is 0. The Morgan fingerprint density at radius 3 is 2.61 bits per heavy atom. The molecule has 0 radical (unpaired) electrons. The van der Waals surface area contributed by atoms with E-state index >= 15 is 0 Å². The lowest BCUT2D eigenvalue weighted by molar-refractivity contribution is 0.0685. The number of aryl methyl sites for hydroxylation is 1. The number of carboxylic acids is 1. The number of benzene rings is 2. The third-order valence-corrected chi connectivity index (χ3v) is 4.88. The van der Waals surface area contributed by atoms with Crippen molar-refractivity contribution < 1.29 is 18.1 Å². The lowest BCUT2D eigenvalue weighted by Crippen LogP contribution is -2.13. The molecule has 0 aliphatic carbocycles. The van der Waals surface area contributed by atoms with E-state index in [-0.39, 0.29) is 69.6 Å². The number of halogens is 1. The van der Waals surface area contributed by atoms with E-state index in [0.717, 1.165) is 6.42 Å². The molecular formula is C22H21ClN6O2. The second-order valence-electron chi connectivity index (χ2n) is 6.66. The molecule has 158 valence electrons. The van der Waals surface area contributed by atoms with Crippen molar-refractivity contribution in [3.63, 3.8) is 0 Å². The van der Waals surface area contributed by atoms with Gasteiger partial charge in [-0.1, -0.05) is 73.3 Å². The van der Waals surface area contributed by atoms with Gasteiger partial charge in [-0.2, -0.15) is 5.21 Å². The summed E-state index contributed by atoms with van der Waals surface area (Å²) in [6.45, 7) is 1.68. The number of carboxylic acid groups (broad SMARTS) is 1. The number of tetrazole rings is 1. The highest BCUT2D eigenvalue weighted by atomic mass is 35.5. The highest BCUT2D eigenvalue weighted by Crippen LogP contribution is 2.30. The second-order valence-corrected chi connectivity index (χ2v) is 7.01. The standard InChI is InChI=1S/C22H21ClN6O2/c1-2-3-8-18-24-20(23)19(22(30)31)29(18)13-14-9-11-15(12-10-14)16-6-4-5-7-17(16)21-25-27-28-26-21/h4-7,9-12H,2-3,8,13H2,1H3,(H,30,31)(H,25,26,27,28)/i4D,5D,9D,10D,11D,12D. The van der Waals surface area contributed by atoms with Gasteiger partial charge in [-0.25, -0.2) is 9.78 Å². The molecule has 0 saturated heterocycles. The van der Waals surface area contributed by atoms with Crippen molar-refractivity contribution in [1.29, 1.82) is 0 Å². The second kappa shape index (κ2) is 9.09. The van der Waals surface area contributed by atoms with Crippen molar-refractivity contribution in [2.24, 2.45) is 0 Å². The van der Waals surface area contributed by atoms with Gasteiger partial charge in [-0.3, -0.25) is 0 Å². The summed E-state index contributed by atoms with van der Waals surface area (Å²) in [5, 5.41) is 23.1. The van der Waals surface area contributed by atoms with Gasteiger partial charge >= 0.3 is 5.97 Å². The minimum atomic E-state index is -1.32. The van der Waals surface area contributed by atoms with Crippen LogP contribution in [-0.4, -0.2) is 41.3 Å². The number of hydrogen-bond donors (Lipinski definition) is 2. The zero-order valence-corrected chi connectivity index (χ0v) is 17.2. The summed E-state index contributed by atoms with van der Waals surface area (Å²) in [5.74, 6) is -0.894. The van der Waals surface area contributed by atoms with Gasteiger partial charge in [0, 0.05) is 18.5 Å². The highest BCUT2D eigenvalue weighted by molar-refractivity contribution is 6.32. The van der Waals surface area contributed by atoms with Crippen molar-refractivity contribution in [1.82, 2.24) is 30.2 Å². The van der Waals surface area contributed by atoms with Crippen LogP contribution >= 0.6 is 11.6 Å². The minimum Gasteiger partial charge on any atom is -0.476 e. The van der Waals surface area contributed by atoms with E-state index in [1.165, 1.54) is 16.7 Å². The number of aromatic amines is 1. The summed E-state index contributed by atoms with van der Waals surface area (Å²) in [4.78, 5) is 16.1. The van der Waals surface area contributed by atoms with Crippen molar-refractivity contribution in [3.8, 4) is 22.5 Å². The zero-order valence-electron chi connectivity index (χ0n) is 22.5. The average Bonchev–Trinajstić information content (AvgIpc) is 3.49. The first-order valence-electron chi connectivity index (χ1n) is 12.5. The molecule has 4 aromatic rings. The van der Waals surface area contributed by atoms with Crippen molar-refractivity contribution in [2.45, 2.75) is 32.7 Å². The summed E-state index contributed by atoms with van der Waals surface area (Å²) in [6, 6.07) is 0.635. The molecule has 0 unspecified atom stereocenters. The largest absolute Gasteiger partial charge is 0.476 e. The SMILES string of the molecule is [2H]c1cc(-c2nn[nH]n2)c(-c2c([2H])c([2H])c(Cn3c(CCCC)nc(Cl)c3C(=O)O)c([2H])c2[2H])cc1[2H]. The number of imidazole rings is 1. The first kappa shape index (κ1) is 14.5. The van der Waals surface area contributed by atoms with E-state index in [2.05, 4.69) is 25.6 Å². The fourth-order valence-electron chi connectivity index (χ4n) is 3.13. The molecule has 2 heterocycles. The number of aromatic nitrogens is 6.